The molecular formula is C23H18ClN3O2S2. The van der Waals surface area contributed by atoms with E-state index in [-0.39, 0.29) is 12.1 Å². The Balaban J connectivity index is 1.46. The average Bonchev–Trinajstić information content (AvgIpc) is 3.52. The van der Waals surface area contributed by atoms with Crippen molar-refractivity contribution in [3.63, 3.8) is 0 Å². The van der Waals surface area contributed by atoms with E-state index in [9.17, 15) is 0 Å². The van der Waals surface area contributed by atoms with Crippen LogP contribution in [0.2, 0.25) is 5.02 Å². The van der Waals surface area contributed by atoms with Crippen LogP contribution in [0.5, 0.6) is 0 Å². The molecule has 1 N–H and O–H groups in total. The van der Waals surface area contributed by atoms with Crippen LogP contribution in [-0.2, 0) is 6.54 Å². The fraction of sp³-hybridized carbons (Fsp3) is 0.130. The summed E-state index contributed by atoms with van der Waals surface area (Å²) in [6.45, 7) is 0.535. The molecule has 1 saturated heterocycles. The highest BCUT2D eigenvalue weighted by Crippen LogP contribution is 2.42. The third kappa shape index (κ3) is 4.35. The number of thiocarbonyl (C=S) groups is 1. The molecule has 5 nitrogen and oxygen atoms in total. The van der Waals surface area contributed by atoms with Gasteiger partial charge in [0.25, 0.3) is 0 Å². The Morgan fingerprint density at radius 2 is 1.94 bits per heavy atom. The molecule has 4 heterocycles. The maximum Gasteiger partial charge on any atom is 0.170 e. The van der Waals surface area contributed by atoms with Gasteiger partial charge >= 0.3 is 0 Å². The predicted molar refractivity (Wildman–Crippen MR) is 124 cm³/mol. The molecule has 1 aliphatic rings. The largest absolute Gasteiger partial charge is 0.467 e. The van der Waals surface area contributed by atoms with Gasteiger partial charge in [0.1, 0.15) is 17.6 Å². The third-order valence-corrected chi connectivity index (χ3v) is 6.56. The summed E-state index contributed by atoms with van der Waals surface area (Å²) >= 11 is 13.2. The topological polar surface area (TPSA) is 54.4 Å². The standard InChI is InChI=1S/C23H18ClN3O2S2/c24-15-6-8-17(9-7-15)31-20-11-10-19(29-20)22-21(18-5-1-2-12-25-18)26-23(30)27(22)14-16-4-3-13-28-16/h1-13,21-22H,14H2,(H,26,30). The van der Waals surface area contributed by atoms with E-state index in [1.165, 1.54) is 0 Å². The van der Waals surface area contributed by atoms with E-state index in [0.29, 0.717) is 16.7 Å². The minimum absolute atomic E-state index is 0.136. The first-order valence-electron chi connectivity index (χ1n) is 9.71. The fourth-order valence-electron chi connectivity index (χ4n) is 3.62. The van der Waals surface area contributed by atoms with Crippen molar-refractivity contribution in [2.24, 2.45) is 0 Å². The van der Waals surface area contributed by atoms with Crippen LogP contribution in [0.15, 0.2) is 98.0 Å². The first kappa shape index (κ1) is 20.2. The molecule has 31 heavy (non-hydrogen) atoms. The zero-order chi connectivity index (χ0) is 21.2. The second kappa shape index (κ2) is 8.78. The Morgan fingerprint density at radius 1 is 1.06 bits per heavy atom. The number of pyridine rings is 1. The molecule has 1 aliphatic heterocycles. The van der Waals surface area contributed by atoms with E-state index in [0.717, 1.165) is 27.2 Å². The van der Waals surface area contributed by atoms with E-state index >= 15 is 0 Å². The van der Waals surface area contributed by atoms with Crippen molar-refractivity contribution in [1.29, 1.82) is 0 Å². The van der Waals surface area contributed by atoms with Gasteiger partial charge in [-0.05, 0) is 72.9 Å². The first-order chi connectivity index (χ1) is 15.2. The van der Waals surface area contributed by atoms with Crippen molar-refractivity contribution in [2.45, 2.75) is 28.6 Å². The second-order valence-corrected chi connectivity index (χ2v) is 8.95. The van der Waals surface area contributed by atoms with Gasteiger partial charge in [0, 0.05) is 16.1 Å². The lowest BCUT2D eigenvalue weighted by Crippen LogP contribution is -2.28. The van der Waals surface area contributed by atoms with Crippen LogP contribution >= 0.6 is 35.6 Å². The Bertz CT molecular complexity index is 1160. The van der Waals surface area contributed by atoms with E-state index in [4.69, 9.17) is 32.7 Å². The second-order valence-electron chi connectivity index (χ2n) is 7.05. The minimum atomic E-state index is -0.160. The average molecular weight is 468 g/mol. The van der Waals surface area contributed by atoms with Crippen molar-refractivity contribution in [3.8, 4) is 0 Å². The number of benzene rings is 1. The van der Waals surface area contributed by atoms with Crippen LogP contribution in [0.25, 0.3) is 0 Å². The maximum absolute atomic E-state index is 6.28. The monoisotopic (exact) mass is 467 g/mol. The van der Waals surface area contributed by atoms with Gasteiger partial charge in [-0.3, -0.25) is 4.98 Å². The number of aromatic nitrogens is 1. The highest BCUT2D eigenvalue weighted by molar-refractivity contribution is 7.99. The van der Waals surface area contributed by atoms with Gasteiger partial charge in [0.05, 0.1) is 24.5 Å². The Labute approximate surface area is 194 Å². The number of hydrogen-bond acceptors (Lipinski definition) is 5. The van der Waals surface area contributed by atoms with Crippen LogP contribution in [0, 0.1) is 0 Å². The molecule has 2 atom stereocenters. The van der Waals surface area contributed by atoms with Gasteiger partial charge in [0.2, 0.25) is 0 Å². The molecule has 4 aromatic rings. The predicted octanol–water partition coefficient (Wildman–Crippen LogP) is 6.24. The van der Waals surface area contributed by atoms with Gasteiger partial charge in [-0.2, -0.15) is 0 Å². The molecule has 156 valence electrons. The summed E-state index contributed by atoms with van der Waals surface area (Å²) in [7, 11) is 0. The Hall–Kier alpha value is -2.74. The van der Waals surface area contributed by atoms with E-state index < -0.39 is 0 Å². The zero-order valence-electron chi connectivity index (χ0n) is 16.3. The number of furan rings is 2. The lowest BCUT2D eigenvalue weighted by Gasteiger charge is -2.25. The molecule has 0 amide bonds. The molecule has 0 aliphatic carbocycles. The zero-order valence-corrected chi connectivity index (χ0v) is 18.7. The molecule has 1 aromatic carbocycles. The summed E-state index contributed by atoms with van der Waals surface area (Å²) in [6, 6.07) is 21.1. The Morgan fingerprint density at radius 3 is 2.68 bits per heavy atom. The maximum atomic E-state index is 6.28. The number of rotatable bonds is 6. The number of nitrogens with one attached hydrogen (secondary N) is 1. The van der Waals surface area contributed by atoms with Gasteiger partial charge < -0.3 is 19.1 Å². The SMILES string of the molecule is S=C1NC(c2ccccn2)C(c2ccc(Sc3ccc(Cl)cc3)o2)N1Cc1ccco1. The summed E-state index contributed by atoms with van der Waals surface area (Å²) < 4.78 is 11.9. The Kier molecular flexibility index (Phi) is 5.72. The van der Waals surface area contributed by atoms with Crippen LogP contribution in [0.4, 0.5) is 0 Å². The normalized spacial score (nSPS) is 18.4. The molecule has 0 bridgehead atoms. The van der Waals surface area contributed by atoms with Crippen molar-refractivity contribution in [2.75, 3.05) is 0 Å². The highest BCUT2D eigenvalue weighted by atomic mass is 35.5. The van der Waals surface area contributed by atoms with Crippen molar-refractivity contribution in [1.82, 2.24) is 15.2 Å². The van der Waals surface area contributed by atoms with E-state index in [1.54, 1.807) is 24.2 Å². The van der Waals surface area contributed by atoms with Crippen LogP contribution in [0.1, 0.15) is 29.3 Å². The van der Waals surface area contributed by atoms with Crippen LogP contribution in [0.3, 0.4) is 0 Å². The van der Waals surface area contributed by atoms with Gasteiger partial charge in [-0.25, -0.2) is 0 Å². The lowest BCUT2D eigenvalue weighted by molar-refractivity contribution is 0.241. The molecule has 0 radical (unpaired) electrons. The molecule has 0 saturated carbocycles. The van der Waals surface area contributed by atoms with Gasteiger partial charge in [0.15, 0.2) is 10.2 Å². The fourth-order valence-corrected chi connectivity index (χ4v) is 4.83. The molecule has 2 unspecified atom stereocenters. The smallest absolute Gasteiger partial charge is 0.170 e. The molecule has 1 fully saturated rings. The van der Waals surface area contributed by atoms with Gasteiger partial charge in [-0.15, -0.1) is 0 Å². The molecular weight excluding hydrogens is 450 g/mol. The molecule has 0 spiro atoms. The minimum Gasteiger partial charge on any atom is -0.467 e. The number of halogens is 1. The number of nitrogens with zero attached hydrogens (tertiary/aromatic N) is 2. The lowest BCUT2D eigenvalue weighted by atomic mass is 10.0. The summed E-state index contributed by atoms with van der Waals surface area (Å²) in [5.41, 5.74) is 0.903. The van der Waals surface area contributed by atoms with Crippen molar-refractivity contribution in [3.05, 3.63) is 101 Å². The summed E-state index contributed by atoms with van der Waals surface area (Å²) in [5, 5.41) is 5.57. The van der Waals surface area contributed by atoms with E-state index in [1.807, 2.05) is 66.7 Å². The van der Waals surface area contributed by atoms with Crippen molar-refractivity contribution < 1.29 is 8.83 Å². The number of hydrogen-bond donors (Lipinski definition) is 1. The van der Waals surface area contributed by atoms with Crippen LogP contribution < -0.4 is 5.32 Å². The van der Waals surface area contributed by atoms with E-state index in [2.05, 4.69) is 15.2 Å². The van der Waals surface area contributed by atoms with Crippen LogP contribution in [-0.4, -0.2) is 15.0 Å². The molecule has 5 rings (SSSR count). The summed E-state index contributed by atoms with van der Waals surface area (Å²) in [5.74, 6) is 1.64. The molecule has 3 aromatic heterocycles. The first-order valence-corrected chi connectivity index (χ1v) is 11.3. The van der Waals surface area contributed by atoms with Gasteiger partial charge in [-0.1, -0.05) is 29.4 Å². The third-order valence-electron chi connectivity index (χ3n) is 5.03. The molecule has 8 heteroatoms. The summed E-state index contributed by atoms with van der Waals surface area (Å²) in [6.07, 6.45) is 3.46. The highest BCUT2D eigenvalue weighted by Gasteiger charge is 2.42. The van der Waals surface area contributed by atoms with Crippen molar-refractivity contribution >= 4 is 40.7 Å². The summed E-state index contributed by atoms with van der Waals surface area (Å²) in [4.78, 5) is 7.69. The quantitative estimate of drug-likeness (QED) is 0.336.